The van der Waals surface area contributed by atoms with Gasteiger partial charge in [0.25, 0.3) is 5.56 Å². The first-order valence-corrected chi connectivity index (χ1v) is 5.91. The Kier molecular flexibility index (Phi) is 2.67. The molecule has 7 nitrogen and oxygen atoms in total. The van der Waals surface area contributed by atoms with Crippen molar-refractivity contribution in [2.24, 2.45) is 0 Å². The minimum Gasteiger partial charge on any atom is -0.475 e. The highest BCUT2D eigenvalue weighted by Crippen LogP contribution is 2.15. The summed E-state index contributed by atoms with van der Waals surface area (Å²) in [6, 6.07) is 3.06. The van der Waals surface area contributed by atoms with Crippen LogP contribution in [0.5, 0.6) is 0 Å². The fraction of sp³-hybridized carbons (Fsp3) is 0.154. The van der Waals surface area contributed by atoms with Gasteiger partial charge in [-0.25, -0.2) is 9.31 Å². The van der Waals surface area contributed by atoms with E-state index in [-0.39, 0.29) is 17.9 Å². The van der Waals surface area contributed by atoms with Crippen molar-refractivity contribution in [3.05, 3.63) is 58.2 Å². The maximum absolute atomic E-state index is 12.2. The topological polar surface area (TPSA) is 89.7 Å². The highest BCUT2D eigenvalue weighted by molar-refractivity contribution is 5.84. The lowest BCUT2D eigenvalue weighted by Gasteiger charge is -2.04. The van der Waals surface area contributed by atoms with Crippen molar-refractivity contribution in [3.63, 3.8) is 0 Å². The van der Waals surface area contributed by atoms with Gasteiger partial charge in [0.2, 0.25) is 5.76 Å². The average Bonchev–Trinajstić information content (AvgIpc) is 3.00. The average molecular weight is 273 g/mol. The Labute approximate surface area is 112 Å². The van der Waals surface area contributed by atoms with Crippen LogP contribution in [0.3, 0.4) is 0 Å². The first kappa shape index (κ1) is 12.2. The number of aromatic nitrogens is 3. The molecular weight excluding hydrogens is 262 g/mol. The summed E-state index contributed by atoms with van der Waals surface area (Å²) in [5.41, 5.74) is 0.933. The second-order valence-corrected chi connectivity index (χ2v) is 4.39. The molecule has 3 rings (SSSR count). The zero-order chi connectivity index (χ0) is 14.3. The van der Waals surface area contributed by atoms with Crippen molar-refractivity contribution >= 4 is 11.5 Å². The van der Waals surface area contributed by atoms with Crippen molar-refractivity contribution in [2.45, 2.75) is 13.5 Å². The third kappa shape index (κ3) is 1.89. The van der Waals surface area contributed by atoms with Gasteiger partial charge >= 0.3 is 5.97 Å². The fourth-order valence-electron chi connectivity index (χ4n) is 2.05. The highest BCUT2D eigenvalue weighted by atomic mass is 16.4. The van der Waals surface area contributed by atoms with Crippen LogP contribution in [-0.4, -0.2) is 25.3 Å². The molecule has 0 aromatic carbocycles. The molecule has 0 unspecified atom stereocenters. The van der Waals surface area contributed by atoms with Gasteiger partial charge in [-0.3, -0.25) is 4.79 Å². The molecule has 0 aliphatic rings. The maximum atomic E-state index is 12.2. The number of carbonyl (C=O) groups is 1. The normalized spacial score (nSPS) is 11.1. The zero-order valence-corrected chi connectivity index (χ0v) is 10.6. The van der Waals surface area contributed by atoms with Gasteiger partial charge in [-0.15, -0.1) is 0 Å². The van der Waals surface area contributed by atoms with E-state index in [9.17, 15) is 9.59 Å². The molecule has 3 aromatic rings. The van der Waals surface area contributed by atoms with E-state index in [2.05, 4.69) is 5.10 Å². The Balaban J connectivity index is 2.03. The summed E-state index contributed by atoms with van der Waals surface area (Å²) < 4.78 is 8.10. The first-order valence-electron chi connectivity index (χ1n) is 5.91. The molecule has 102 valence electrons. The first-order chi connectivity index (χ1) is 9.56. The third-order valence-electron chi connectivity index (χ3n) is 3.11. The van der Waals surface area contributed by atoms with Gasteiger partial charge in [-0.2, -0.15) is 5.10 Å². The molecule has 0 aliphatic carbocycles. The van der Waals surface area contributed by atoms with E-state index in [0.29, 0.717) is 16.8 Å². The SMILES string of the molecule is Cc1oc(C(=O)O)cc1Cn1ccn2nccc2c1=O. The van der Waals surface area contributed by atoms with E-state index in [4.69, 9.17) is 9.52 Å². The molecule has 0 amide bonds. The van der Waals surface area contributed by atoms with Crippen molar-refractivity contribution in [1.82, 2.24) is 14.2 Å². The number of nitrogens with zero attached hydrogens (tertiary/aromatic N) is 3. The van der Waals surface area contributed by atoms with E-state index < -0.39 is 5.97 Å². The summed E-state index contributed by atoms with van der Waals surface area (Å²) in [6.07, 6.45) is 4.83. The Morgan fingerprint density at radius 1 is 1.45 bits per heavy atom. The van der Waals surface area contributed by atoms with Gasteiger partial charge in [0.15, 0.2) is 0 Å². The number of aromatic carboxylic acids is 1. The number of fused-ring (bicyclic) bond motifs is 1. The number of aryl methyl sites for hydroxylation is 1. The van der Waals surface area contributed by atoms with Gasteiger partial charge in [-0.1, -0.05) is 0 Å². The van der Waals surface area contributed by atoms with Crippen LogP contribution in [0.2, 0.25) is 0 Å². The van der Waals surface area contributed by atoms with Crippen LogP contribution >= 0.6 is 0 Å². The van der Waals surface area contributed by atoms with Crippen molar-refractivity contribution in [2.75, 3.05) is 0 Å². The smallest absolute Gasteiger partial charge is 0.371 e. The number of furan rings is 1. The molecule has 0 fully saturated rings. The van der Waals surface area contributed by atoms with E-state index >= 15 is 0 Å². The molecule has 0 atom stereocenters. The monoisotopic (exact) mass is 273 g/mol. The Morgan fingerprint density at radius 2 is 2.25 bits per heavy atom. The summed E-state index contributed by atoms with van der Waals surface area (Å²) in [6.45, 7) is 1.92. The minimum absolute atomic E-state index is 0.129. The van der Waals surface area contributed by atoms with Crippen LogP contribution in [0.25, 0.3) is 5.52 Å². The number of hydrogen-bond acceptors (Lipinski definition) is 4. The summed E-state index contributed by atoms with van der Waals surface area (Å²) in [5, 5.41) is 12.9. The fourth-order valence-corrected chi connectivity index (χ4v) is 2.05. The molecule has 0 spiro atoms. The molecule has 20 heavy (non-hydrogen) atoms. The van der Waals surface area contributed by atoms with Crippen LogP contribution < -0.4 is 5.56 Å². The Hall–Kier alpha value is -2.83. The Bertz CT molecular complexity index is 856. The minimum atomic E-state index is -1.13. The zero-order valence-electron chi connectivity index (χ0n) is 10.6. The van der Waals surface area contributed by atoms with Crippen molar-refractivity contribution in [3.8, 4) is 0 Å². The number of carboxylic acids is 1. The van der Waals surface area contributed by atoms with Crippen LogP contribution in [-0.2, 0) is 6.54 Å². The van der Waals surface area contributed by atoms with E-state index in [1.807, 2.05) is 0 Å². The van der Waals surface area contributed by atoms with Crippen molar-refractivity contribution in [1.29, 1.82) is 0 Å². The van der Waals surface area contributed by atoms with Gasteiger partial charge in [0.1, 0.15) is 11.3 Å². The molecular formula is C13H11N3O4. The second kappa shape index (κ2) is 4.37. The predicted molar refractivity (Wildman–Crippen MR) is 69.0 cm³/mol. The molecule has 0 aliphatic heterocycles. The van der Waals surface area contributed by atoms with Crippen molar-refractivity contribution < 1.29 is 14.3 Å². The number of hydrogen-bond donors (Lipinski definition) is 1. The number of rotatable bonds is 3. The molecule has 1 N–H and O–H groups in total. The lowest BCUT2D eigenvalue weighted by atomic mass is 10.2. The maximum Gasteiger partial charge on any atom is 0.371 e. The molecule has 0 saturated heterocycles. The van der Waals surface area contributed by atoms with Gasteiger partial charge < -0.3 is 14.1 Å². The van der Waals surface area contributed by atoms with Gasteiger partial charge in [-0.05, 0) is 19.1 Å². The predicted octanol–water partition coefficient (Wildman–Crippen LogP) is 1.14. The molecule has 0 radical (unpaired) electrons. The van der Waals surface area contributed by atoms with Gasteiger partial charge in [0.05, 0.1) is 12.7 Å². The van der Waals surface area contributed by atoms with E-state index in [0.717, 1.165) is 0 Å². The second-order valence-electron chi connectivity index (χ2n) is 4.39. The Morgan fingerprint density at radius 3 is 2.95 bits per heavy atom. The molecule has 0 bridgehead atoms. The summed E-state index contributed by atoms with van der Waals surface area (Å²) in [4.78, 5) is 23.1. The van der Waals surface area contributed by atoms with E-state index in [1.54, 1.807) is 31.6 Å². The molecule has 3 heterocycles. The molecule has 7 heteroatoms. The van der Waals surface area contributed by atoms with E-state index in [1.165, 1.54) is 15.1 Å². The van der Waals surface area contributed by atoms with Gasteiger partial charge in [0, 0.05) is 18.0 Å². The largest absolute Gasteiger partial charge is 0.475 e. The number of carboxylic acid groups (broad SMARTS) is 1. The lowest BCUT2D eigenvalue weighted by molar-refractivity contribution is 0.0661. The summed E-state index contributed by atoms with van der Waals surface area (Å²) in [5.74, 6) is -0.767. The molecule has 3 aromatic heterocycles. The van der Waals surface area contributed by atoms with Crippen LogP contribution in [0.15, 0.2) is 39.9 Å². The molecule has 0 saturated carbocycles. The lowest BCUT2D eigenvalue weighted by Crippen LogP contribution is -2.21. The standard InChI is InChI=1S/C13H11N3O4/c1-8-9(6-11(20-8)13(18)19)7-15-4-5-16-10(12(15)17)2-3-14-16/h2-6H,7H2,1H3,(H,18,19). The van der Waals surface area contributed by atoms with Crippen LogP contribution in [0.4, 0.5) is 0 Å². The van der Waals surface area contributed by atoms with Crippen LogP contribution in [0.1, 0.15) is 21.9 Å². The summed E-state index contributed by atoms with van der Waals surface area (Å²) in [7, 11) is 0. The summed E-state index contributed by atoms with van der Waals surface area (Å²) >= 11 is 0. The quantitative estimate of drug-likeness (QED) is 0.773. The van der Waals surface area contributed by atoms with Crippen LogP contribution in [0, 0.1) is 6.92 Å². The third-order valence-corrected chi connectivity index (χ3v) is 3.11. The highest BCUT2D eigenvalue weighted by Gasteiger charge is 2.14.